The van der Waals surface area contributed by atoms with Crippen LogP contribution >= 0.6 is 0 Å². The topological polar surface area (TPSA) is 43.3 Å². The zero-order valence-corrected chi connectivity index (χ0v) is 10.5. The average Bonchev–Trinajstić information content (AvgIpc) is 2.54. The van der Waals surface area contributed by atoms with E-state index in [-0.39, 0.29) is 6.04 Å². The van der Waals surface area contributed by atoms with Gasteiger partial charge >= 0.3 is 0 Å². The van der Waals surface area contributed by atoms with Gasteiger partial charge in [0, 0.05) is 17.7 Å². The van der Waals surface area contributed by atoms with Gasteiger partial charge in [-0.2, -0.15) is 0 Å². The van der Waals surface area contributed by atoms with Crippen molar-refractivity contribution in [1.29, 1.82) is 0 Å². The molecule has 0 saturated heterocycles. The summed E-state index contributed by atoms with van der Waals surface area (Å²) in [7, 11) is 0. The number of hydrogen-bond donors (Lipinski definition) is 1. The highest BCUT2D eigenvalue weighted by molar-refractivity contribution is 5.54. The van der Waals surface area contributed by atoms with Crippen molar-refractivity contribution in [3.8, 4) is 0 Å². The van der Waals surface area contributed by atoms with Crippen LogP contribution in [0.4, 0.5) is 0 Å². The Hall–Kier alpha value is -1.35. The number of imidazole rings is 1. The number of rotatable bonds is 2. The fraction of sp³-hybridized carbons (Fsp3) is 0.500. The van der Waals surface area contributed by atoms with Crippen LogP contribution in [-0.4, -0.2) is 9.38 Å². The van der Waals surface area contributed by atoms with E-state index in [0.717, 1.165) is 5.69 Å². The van der Waals surface area contributed by atoms with Crippen molar-refractivity contribution in [2.75, 3.05) is 0 Å². The minimum atomic E-state index is 0.0473. The third-order valence-electron chi connectivity index (χ3n) is 3.84. The quantitative estimate of drug-likeness (QED) is 0.860. The molecule has 1 fully saturated rings. The Kier molecular flexibility index (Phi) is 2.44. The number of fused-ring (bicyclic) bond motifs is 1. The number of nitrogens with two attached hydrogens (primary N) is 1. The van der Waals surface area contributed by atoms with Gasteiger partial charge < -0.3 is 5.73 Å². The van der Waals surface area contributed by atoms with Crippen LogP contribution in [0.15, 0.2) is 18.2 Å². The maximum Gasteiger partial charge on any atom is 0.116 e. The zero-order chi connectivity index (χ0) is 12.0. The molecule has 3 heteroatoms. The fourth-order valence-corrected chi connectivity index (χ4v) is 2.64. The molecule has 3 nitrogen and oxygen atoms in total. The second-order valence-electron chi connectivity index (χ2n) is 5.14. The molecule has 2 N–H and O–H groups in total. The predicted octanol–water partition coefficient (Wildman–Crippen LogP) is 2.93. The number of aromatic nitrogens is 2. The van der Waals surface area contributed by atoms with Crippen LogP contribution in [0.1, 0.15) is 55.4 Å². The molecule has 2 heterocycles. The highest BCUT2D eigenvalue weighted by Crippen LogP contribution is 2.37. The molecule has 1 unspecified atom stereocenters. The highest BCUT2D eigenvalue weighted by atomic mass is 15.1. The van der Waals surface area contributed by atoms with Gasteiger partial charge in [0.15, 0.2) is 0 Å². The van der Waals surface area contributed by atoms with Gasteiger partial charge in [0.25, 0.3) is 0 Å². The molecule has 1 aliphatic carbocycles. The molecule has 17 heavy (non-hydrogen) atoms. The Balaban J connectivity index is 2.27. The first kappa shape index (κ1) is 10.8. The average molecular weight is 229 g/mol. The van der Waals surface area contributed by atoms with Crippen molar-refractivity contribution in [3.63, 3.8) is 0 Å². The molecule has 2 aromatic rings. The van der Waals surface area contributed by atoms with E-state index in [1.54, 1.807) is 0 Å². The summed E-state index contributed by atoms with van der Waals surface area (Å²) in [6.45, 7) is 4.12. The molecule has 1 aliphatic rings. The van der Waals surface area contributed by atoms with Crippen LogP contribution in [-0.2, 0) is 0 Å². The van der Waals surface area contributed by atoms with Gasteiger partial charge in [0.1, 0.15) is 5.82 Å². The first-order chi connectivity index (χ1) is 8.18. The molecule has 0 amide bonds. The molecule has 3 rings (SSSR count). The van der Waals surface area contributed by atoms with Crippen LogP contribution in [0.2, 0.25) is 0 Å². The van der Waals surface area contributed by atoms with E-state index in [0.29, 0.717) is 5.92 Å². The van der Waals surface area contributed by atoms with E-state index in [4.69, 9.17) is 10.7 Å². The summed E-state index contributed by atoms with van der Waals surface area (Å²) in [5.41, 5.74) is 9.57. The summed E-state index contributed by atoms with van der Waals surface area (Å²) < 4.78 is 2.28. The Morgan fingerprint density at radius 2 is 2.18 bits per heavy atom. The van der Waals surface area contributed by atoms with Crippen molar-refractivity contribution in [2.45, 2.75) is 45.1 Å². The molecule has 0 spiro atoms. The summed E-state index contributed by atoms with van der Waals surface area (Å²) in [5.74, 6) is 1.85. The molecular weight excluding hydrogens is 210 g/mol. The molecule has 90 valence electrons. The zero-order valence-electron chi connectivity index (χ0n) is 10.5. The molecule has 2 aromatic heterocycles. The van der Waals surface area contributed by atoms with Crippen molar-refractivity contribution >= 4 is 5.52 Å². The SMILES string of the molecule is Cc1nc(C2CCC2)n2c(C(C)N)cccc12. The smallest absolute Gasteiger partial charge is 0.116 e. The van der Waals surface area contributed by atoms with Crippen LogP contribution < -0.4 is 5.73 Å². The van der Waals surface area contributed by atoms with Gasteiger partial charge in [-0.05, 0) is 38.8 Å². The molecule has 0 bridgehead atoms. The van der Waals surface area contributed by atoms with Crippen molar-refractivity contribution in [1.82, 2.24) is 9.38 Å². The summed E-state index contributed by atoms with van der Waals surface area (Å²) >= 11 is 0. The summed E-state index contributed by atoms with van der Waals surface area (Å²) in [5, 5.41) is 0. The van der Waals surface area contributed by atoms with E-state index in [9.17, 15) is 0 Å². The van der Waals surface area contributed by atoms with Crippen molar-refractivity contribution < 1.29 is 0 Å². The number of pyridine rings is 1. The molecule has 1 saturated carbocycles. The third-order valence-corrected chi connectivity index (χ3v) is 3.84. The molecular formula is C14H19N3. The van der Waals surface area contributed by atoms with E-state index in [1.807, 2.05) is 6.92 Å². The lowest BCUT2D eigenvalue weighted by molar-refractivity contribution is 0.398. The lowest BCUT2D eigenvalue weighted by Crippen LogP contribution is -2.17. The number of aryl methyl sites for hydroxylation is 1. The Bertz CT molecular complexity index is 550. The lowest BCUT2D eigenvalue weighted by atomic mass is 9.85. The summed E-state index contributed by atoms with van der Waals surface area (Å²) in [6.07, 6.45) is 3.87. The van der Waals surface area contributed by atoms with Gasteiger partial charge in [0.05, 0.1) is 11.2 Å². The molecule has 0 radical (unpaired) electrons. The van der Waals surface area contributed by atoms with Crippen LogP contribution in [0.25, 0.3) is 5.52 Å². The van der Waals surface area contributed by atoms with Crippen LogP contribution in [0, 0.1) is 6.92 Å². The summed E-state index contributed by atoms with van der Waals surface area (Å²) in [4.78, 5) is 4.76. The second kappa shape index (κ2) is 3.84. The maximum atomic E-state index is 6.07. The number of nitrogens with zero attached hydrogens (tertiary/aromatic N) is 2. The van der Waals surface area contributed by atoms with E-state index < -0.39 is 0 Å². The Morgan fingerprint density at radius 1 is 1.41 bits per heavy atom. The summed E-state index contributed by atoms with van der Waals surface area (Å²) in [6, 6.07) is 6.37. The minimum Gasteiger partial charge on any atom is -0.323 e. The molecule has 0 aliphatic heterocycles. The number of hydrogen-bond acceptors (Lipinski definition) is 2. The largest absolute Gasteiger partial charge is 0.323 e. The maximum absolute atomic E-state index is 6.07. The highest BCUT2D eigenvalue weighted by Gasteiger charge is 2.26. The van der Waals surface area contributed by atoms with Gasteiger partial charge in [-0.15, -0.1) is 0 Å². The first-order valence-corrected chi connectivity index (χ1v) is 6.42. The Labute approximate surface area is 102 Å². The lowest BCUT2D eigenvalue weighted by Gasteiger charge is -2.25. The van der Waals surface area contributed by atoms with E-state index in [1.165, 1.54) is 36.3 Å². The predicted molar refractivity (Wildman–Crippen MR) is 69.1 cm³/mol. The normalized spacial score (nSPS) is 18.3. The van der Waals surface area contributed by atoms with E-state index in [2.05, 4.69) is 29.5 Å². The fourth-order valence-electron chi connectivity index (χ4n) is 2.64. The van der Waals surface area contributed by atoms with E-state index >= 15 is 0 Å². The monoisotopic (exact) mass is 229 g/mol. The molecule has 1 atom stereocenters. The van der Waals surface area contributed by atoms with Crippen LogP contribution in [0.3, 0.4) is 0 Å². The third kappa shape index (κ3) is 1.57. The first-order valence-electron chi connectivity index (χ1n) is 6.42. The van der Waals surface area contributed by atoms with Gasteiger partial charge in [-0.25, -0.2) is 4.98 Å². The standard InChI is InChI=1S/C14H19N3/c1-9(15)12-7-4-8-13-10(2)16-14(17(12)13)11-5-3-6-11/h4,7-9,11H,3,5-6,15H2,1-2H3. The van der Waals surface area contributed by atoms with Gasteiger partial charge in [-0.1, -0.05) is 12.5 Å². The molecule has 0 aromatic carbocycles. The Morgan fingerprint density at radius 3 is 2.76 bits per heavy atom. The minimum absolute atomic E-state index is 0.0473. The van der Waals surface area contributed by atoms with Gasteiger partial charge in [0.2, 0.25) is 0 Å². The second-order valence-corrected chi connectivity index (χ2v) is 5.14. The van der Waals surface area contributed by atoms with Crippen LogP contribution in [0.5, 0.6) is 0 Å². The van der Waals surface area contributed by atoms with Crippen molar-refractivity contribution in [2.24, 2.45) is 5.73 Å². The van der Waals surface area contributed by atoms with Gasteiger partial charge in [-0.3, -0.25) is 4.40 Å². The van der Waals surface area contributed by atoms with Crippen molar-refractivity contribution in [3.05, 3.63) is 35.4 Å².